The Labute approximate surface area is 235 Å². The van der Waals surface area contributed by atoms with Crippen LogP contribution < -0.4 is 10.2 Å². The molecule has 0 aromatic carbocycles. The number of aliphatic carboxylic acids is 2. The van der Waals surface area contributed by atoms with Crippen LogP contribution in [0.1, 0.15) is 130 Å². The van der Waals surface area contributed by atoms with Gasteiger partial charge in [0, 0.05) is 33.3 Å². The van der Waals surface area contributed by atoms with Gasteiger partial charge in [0.25, 0.3) is 0 Å². The second kappa shape index (κ2) is 41.9. The number of carbonyl (C=O) groups excluding carboxylic acids is 2. The predicted octanol–water partition coefficient (Wildman–Crippen LogP) is 4.96. The smallest absolute Gasteiger partial charge is 0.379 e. The van der Waals surface area contributed by atoms with E-state index in [1.54, 1.807) is 30.2 Å². The first-order chi connectivity index (χ1) is 17.3. The molecule has 0 aliphatic heterocycles. The summed E-state index contributed by atoms with van der Waals surface area (Å²) in [5, 5.41) is 19.8. The van der Waals surface area contributed by atoms with Crippen LogP contribution in [0.3, 0.4) is 0 Å². The maximum Gasteiger partial charge on any atom is 0.483 e. The van der Waals surface area contributed by atoms with E-state index in [9.17, 15) is 19.8 Å². The zero-order valence-electron chi connectivity index (χ0n) is 24.7. The van der Waals surface area contributed by atoms with E-state index in [-0.39, 0.29) is 34.0 Å². The molecule has 0 aliphatic carbocycles. The van der Waals surface area contributed by atoms with Crippen molar-refractivity contribution in [1.29, 1.82) is 0 Å². The summed E-state index contributed by atoms with van der Waals surface area (Å²) < 4.78 is 17.5. The molecule has 0 fully saturated rings. The minimum atomic E-state index is -1.67. The first-order valence-corrected chi connectivity index (χ1v) is 19.4. The van der Waals surface area contributed by atoms with Crippen molar-refractivity contribution in [3.8, 4) is 0 Å². The third-order valence-electron chi connectivity index (χ3n) is 4.96. The summed E-state index contributed by atoms with van der Waals surface area (Å²) in [6.07, 6.45) is 17.1. The Bertz CT molecular complexity index is 376. The van der Waals surface area contributed by atoms with Crippen molar-refractivity contribution in [2.75, 3.05) is 21.3 Å². The second-order valence-electron chi connectivity index (χ2n) is 8.53. The molecule has 0 saturated heterocycles. The molecule has 0 unspecified atom stereocenters. The summed E-state index contributed by atoms with van der Waals surface area (Å²) in [7, 11) is 3.05. The van der Waals surface area contributed by atoms with Gasteiger partial charge in [-0.2, -0.15) is 0 Å². The van der Waals surface area contributed by atoms with E-state index in [1.807, 2.05) is 0 Å². The normalized spacial score (nSPS) is 9.67. The Balaban J connectivity index is -0.000000191. The fraction of sp³-hybridized carbons (Fsp3) is 0.926. The van der Waals surface area contributed by atoms with Crippen LogP contribution in [0.15, 0.2) is 0 Å². The Morgan fingerprint density at radius 2 is 0.861 bits per heavy atom. The van der Waals surface area contributed by atoms with E-state index in [2.05, 4.69) is 27.7 Å². The van der Waals surface area contributed by atoms with E-state index < -0.39 is 21.5 Å². The molecule has 0 spiro atoms. The molecule has 36 heavy (non-hydrogen) atoms. The number of unbranched alkanes of at least 4 members (excludes halogenated alkanes) is 10. The van der Waals surface area contributed by atoms with Gasteiger partial charge in [-0.25, -0.2) is 0 Å². The van der Waals surface area contributed by atoms with Gasteiger partial charge < -0.3 is 33.1 Å². The average molecular weight is 642 g/mol. The number of carboxylic acid groups (broad SMARTS) is 2. The molecule has 0 rings (SSSR count). The first kappa shape index (κ1) is 42.9. The molecule has 9 heteroatoms. The molecule has 0 radical (unpaired) electrons. The van der Waals surface area contributed by atoms with Crippen molar-refractivity contribution in [3.63, 3.8) is 0 Å². The molecule has 0 heterocycles. The second-order valence-corrected chi connectivity index (χ2v) is 14.8. The van der Waals surface area contributed by atoms with Gasteiger partial charge in [-0.05, 0) is 25.7 Å². The molecule has 0 aromatic rings. The van der Waals surface area contributed by atoms with Gasteiger partial charge in [-0.3, -0.25) is 0 Å². The van der Waals surface area contributed by atoms with Gasteiger partial charge in [0.2, 0.25) is 0 Å². The zero-order chi connectivity index (χ0) is 28.3. The van der Waals surface area contributed by atoms with Crippen LogP contribution in [-0.4, -0.2) is 63.9 Å². The molecule has 0 aromatic heterocycles. The van der Waals surface area contributed by atoms with Crippen LogP contribution in [0.2, 0.25) is 8.87 Å². The summed E-state index contributed by atoms with van der Waals surface area (Å²) in [5.41, 5.74) is 0. The van der Waals surface area contributed by atoms with Gasteiger partial charge in [-0.15, -0.1) is 0 Å². The van der Waals surface area contributed by atoms with Gasteiger partial charge in [0.05, 0.1) is 0 Å². The molecule has 0 aliphatic rings. The third-order valence-corrected chi connectivity index (χ3v) is 10.2. The Morgan fingerprint density at radius 1 is 0.556 bits per heavy atom. The first-order valence-electron chi connectivity index (χ1n) is 14.0. The van der Waals surface area contributed by atoms with Crippen LogP contribution in [0.5, 0.6) is 0 Å². The minimum Gasteiger partial charge on any atom is -0.379 e. The molecular weight excluding hydrogens is 583 g/mol. The summed E-state index contributed by atoms with van der Waals surface area (Å²) in [4.78, 5) is 19.8. The zero-order valence-corrected chi connectivity index (χ0v) is 28.7. The molecule has 0 atom stereocenters. The van der Waals surface area contributed by atoms with E-state index in [0.29, 0.717) is 0 Å². The molecule has 0 bridgehead atoms. The summed E-state index contributed by atoms with van der Waals surface area (Å²) in [6, 6.07) is 0. The van der Waals surface area contributed by atoms with E-state index >= 15 is 0 Å². The molecule has 0 N–H and O–H groups in total. The summed E-state index contributed by atoms with van der Waals surface area (Å²) >= 11 is 0.149. The molecule has 0 amide bonds. The van der Waals surface area contributed by atoms with Crippen LogP contribution in [0.25, 0.3) is 0 Å². The monoisotopic (exact) mass is 642 g/mol. The third kappa shape index (κ3) is 54.7. The van der Waals surface area contributed by atoms with Gasteiger partial charge in [0.15, 0.2) is 0 Å². The number of hydrogen-bond donors (Lipinski definition) is 0. The predicted molar refractivity (Wildman–Crippen MR) is 150 cm³/mol. The van der Waals surface area contributed by atoms with Crippen molar-refractivity contribution in [2.24, 2.45) is 0 Å². The van der Waals surface area contributed by atoms with Crippen molar-refractivity contribution >= 4 is 42.6 Å². The van der Waals surface area contributed by atoms with Crippen molar-refractivity contribution in [2.45, 2.75) is 139 Å². The summed E-state index contributed by atoms with van der Waals surface area (Å²) in [5.74, 6) is -1.84. The fourth-order valence-corrected chi connectivity index (χ4v) is 7.50. The van der Waals surface area contributed by atoms with Crippen LogP contribution in [-0.2, 0) is 22.9 Å². The van der Waals surface area contributed by atoms with Crippen molar-refractivity contribution < 1.29 is 33.1 Å². The van der Waals surface area contributed by atoms with Crippen molar-refractivity contribution in [3.05, 3.63) is 0 Å². The topological polar surface area (TPSA) is 108 Å². The molecular formula is C27H58O7SiSn. The van der Waals surface area contributed by atoms with E-state index in [4.69, 9.17) is 13.3 Å². The van der Waals surface area contributed by atoms with Crippen LogP contribution >= 0.6 is 0 Å². The average Bonchev–Trinajstić information content (AvgIpc) is 2.86. The largest absolute Gasteiger partial charge is 0.483 e. The minimum absolute atomic E-state index is 0.149. The Morgan fingerprint density at radius 3 is 1.08 bits per heavy atom. The number of carboxylic acids is 2. The van der Waals surface area contributed by atoms with Crippen LogP contribution in [0, 0.1) is 0 Å². The molecule has 7 nitrogen and oxygen atoms in total. The number of rotatable bonds is 21. The van der Waals surface area contributed by atoms with Gasteiger partial charge in [0.1, 0.15) is 0 Å². The summed E-state index contributed by atoms with van der Waals surface area (Å²) in [6.45, 7) is 8.86. The standard InChI is InChI=1S/2C8H16O2.2C4H9.C3H10O3Si.Sn/c2*1-2-3-4-5-6-7-8(9)10;2*1-3-4-2;1-4-7(5-2)6-3;/h2*2-7H2,1H3,(H,9,10);2*1,3-4H2,2H3;7H,1-3H3;/q;;;;;+2/p-2. The van der Waals surface area contributed by atoms with Crippen LogP contribution in [0.4, 0.5) is 0 Å². The van der Waals surface area contributed by atoms with Crippen molar-refractivity contribution in [1.82, 2.24) is 0 Å². The molecule has 0 saturated carbocycles. The maximum atomic E-state index is 9.92. The Hall–Kier alpha value is -0.164. The van der Waals surface area contributed by atoms with E-state index in [1.165, 1.54) is 51.4 Å². The number of carbonyl (C=O) groups is 2. The maximum absolute atomic E-state index is 9.92. The number of hydrogen-bond acceptors (Lipinski definition) is 7. The van der Waals surface area contributed by atoms with E-state index in [0.717, 1.165) is 38.5 Å². The fourth-order valence-electron chi connectivity index (χ4n) is 2.76. The SMILES string of the molecule is CCCCCCCC(=O)[O-].CCCCCCCC(=O)[O-].CCC[CH2][Sn+2][CH2]CCC.CO[SiH](OC)OC. The Kier molecular flexibility index (Phi) is 50.0. The quantitative estimate of drug-likeness (QED) is 0.129. The van der Waals surface area contributed by atoms with Gasteiger partial charge in [-0.1, -0.05) is 65.2 Å². The van der Waals surface area contributed by atoms with Gasteiger partial charge >= 0.3 is 79.1 Å². The molecule has 216 valence electrons.